The molecule has 1 N–H and O–H groups in total. The molecule has 1 fully saturated rings. The zero-order chi connectivity index (χ0) is 23.3. The number of carbonyl (C=O) groups excluding carboxylic acids is 1. The molecule has 7 nitrogen and oxygen atoms in total. The maximum atomic E-state index is 14.1. The molecule has 1 amide bonds. The van der Waals surface area contributed by atoms with Gasteiger partial charge in [-0.3, -0.25) is 19.6 Å². The van der Waals surface area contributed by atoms with Gasteiger partial charge < -0.3 is 10.1 Å². The first-order valence-electron chi connectivity index (χ1n) is 7.59. The van der Waals surface area contributed by atoms with Crippen molar-refractivity contribution in [3.05, 3.63) is 28.3 Å². The molecule has 1 aromatic carbocycles. The Kier molecular flexibility index (Phi) is 5.39. The highest BCUT2D eigenvalue weighted by Gasteiger charge is 2.96. The van der Waals surface area contributed by atoms with Crippen LogP contribution in [0.5, 0.6) is 5.75 Å². The maximum Gasteiger partial charge on any atom is 0.428 e. The summed E-state index contributed by atoms with van der Waals surface area (Å²) in [6, 6.07) is 2.06. The summed E-state index contributed by atoms with van der Waals surface area (Å²) >= 11 is 0. The minimum atomic E-state index is -6.87. The molecule has 2 rings (SSSR count). The van der Waals surface area contributed by atoms with E-state index in [1.54, 1.807) is 0 Å². The summed E-state index contributed by atoms with van der Waals surface area (Å²) in [4.78, 5) is 21.4. The van der Waals surface area contributed by atoms with Crippen LogP contribution >= 0.6 is 0 Å². The molecule has 0 aromatic heterocycles. The Morgan fingerprint density at radius 3 is 2.17 bits per heavy atom. The number of halogens is 9. The minimum Gasteiger partial charge on any atom is -0.494 e. The van der Waals surface area contributed by atoms with Crippen LogP contribution in [-0.4, -0.2) is 47.2 Å². The van der Waals surface area contributed by atoms with Crippen LogP contribution in [0.4, 0.5) is 50.9 Å². The Labute approximate surface area is 159 Å². The van der Waals surface area contributed by atoms with E-state index in [1.165, 1.54) is 6.92 Å². The summed E-state index contributed by atoms with van der Waals surface area (Å²) in [5, 5.41) is 12.0. The summed E-state index contributed by atoms with van der Waals surface area (Å²) in [6.07, 6.45) is -6.40. The van der Waals surface area contributed by atoms with Crippen LogP contribution in [-0.2, 0) is 9.53 Å². The van der Waals surface area contributed by atoms with E-state index in [9.17, 15) is 54.4 Å². The first-order valence-corrected chi connectivity index (χ1v) is 7.59. The van der Waals surface area contributed by atoms with Crippen molar-refractivity contribution < 1.29 is 58.7 Å². The number of benzene rings is 1. The second-order valence-corrected chi connectivity index (χ2v) is 5.76. The smallest absolute Gasteiger partial charge is 0.428 e. The zero-order valence-electron chi connectivity index (χ0n) is 14.3. The van der Waals surface area contributed by atoms with E-state index in [1.807, 2.05) is 0 Å². The summed E-state index contributed by atoms with van der Waals surface area (Å²) in [6.45, 7) is 1.47. The topological polar surface area (TPSA) is 90.7 Å². The number of nitro groups is 1. The van der Waals surface area contributed by atoms with Crippen LogP contribution < -0.4 is 10.1 Å². The summed E-state index contributed by atoms with van der Waals surface area (Å²) in [7, 11) is 0. The van der Waals surface area contributed by atoms with E-state index in [0.29, 0.717) is 12.1 Å². The number of alkyl halides is 9. The molecule has 0 aliphatic carbocycles. The summed E-state index contributed by atoms with van der Waals surface area (Å²) < 4.78 is 129. The first kappa shape index (κ1) is 23.5. The molecule has 1 aromatic rings. The molecule has 1 heterocycles. The average Bonchev–Trinajstić information content (AvgIpc) is 2.71. The highest BCUT2D eigenvalue weighted by Crippen LogP contribution is 2.64. The lowest BCUT2D eigenvalue weighted by Crippen LogP contribution is -2.63. The van der Waals surface area contributed by atoms with Crippen LogP contribution in [0.2, 0.25) is 0 Å². The molecule has 0 unspecified atom stereocenters. The van der Waals surface area contributed by atoms with Crippen molar-refractivity contribution in [2.45, 2.75) is 36.7 Å². The normalized spacial score (nSPS) is 24.3. The molecule has 168 valence electrons. The maximum absolute atomic E-state index is 14.1. The van der Waals surface area contributed by atoms with Crippen molar-refractivity contribution >= 4 is 17.3 Å². The van der Waals surface area contributed by atoms with Crippen molar-refractivity contribution in [2.24, 2.45) is 0 Å². The van der Waals surface area contributed by atoms with Crippen LogP contribution in [0.1, 0.15) is 6.92 Å². The van der Waals surface area contributed by atoms with Gasteiger partial charge in [-0.2, -0.15) is 39.5 Å². The Bertz CT molecular complexity index is 879. The van der Waals surface area contributed by atoms with E-state index in [0.717, 1.165) is 11.4 Å². The Balaban J connectivity index is 2.45. The molecule has 16 heteroatoms. The first-order chi connectivity index (χ1) is 13.5. The van der Waals surface area contributed by atoms with E-state index in [-0.39, 0.29) is 12.4 Å². The number of anilines is 1. The quantitative estimate of drug-likeness (QED) is 0.395. The van der Waals surface area contributed by atoms with E-state index in [4.69, 9.17) is 4.74 Å². The highest BCUT2D eigenvalue weighted by atomic mass is 19.4. The number of nitro benzene ring substituents is 1. The molecule has 0 saturated carbocycles. The standard InChI is InChI=1S/C14H9F9N2O5/c1-2-29-6-3-4-7(8(5-6)25(27)28)24-9(26)10(15,16)13(21)11(17,18)12(19,20)14(22,23)30-13/h3-5H,2H2,1H3,(H,24,26)/t13-/m1/s1. The van der Waals surface area contributed by atoms with Crippen LogP contribution in [0.3, 0.4) is 0 Å². The number of ether oxygens (including phenoxy) is 2. The van der Waals surface area contributed by atoms with Gasteiger partial charge in [0.1, 0.15) is 11.4 Å². The molecule has 0 radical (unpaired) electrons. The molecular weight excluding hydrogens is 447 g/mol. The van der Waals surface area contributed by atoms with E-state index in [2.05, 4.69) is 4.74 Å². The number of amides is 1. The van der Waals surface area contributed by atoms with Gasteiger partial charge >= 0.3 is 35.6 Å². The largest absolute Gasteiger partial charge is 0.494 e. The van der Waals surface area contributed by atoms with Crippen molar-refractivity contribution in [1.29, 1.82) is 0 Å². The molecule has 0 bridgehead atoms. The molecule has 30 heavy (non-hydrogen) atoms. The van der Waals surface area contributed by atoms with Gasteiger partial charge in [-0.15, -0.1) is 0 Å². The minimum absolute atomic E-state index is 0.000146. The van der Waals surface area contributed by atoms with Crippen molar-refractivity contribution in [2.75, 3.05) is 11.9 Å². The van der Waals surface area contributed by atoms with Gasteiger partial charge in [0.2, 0.25) is 0 Å². The fourth-order valence-electron chi connectivity index (χ4n) is 2.32. The molecule has 1 aliphatic rings. The second-order valence-electron chi connectivity index (χ2n) is 5.76. The lowest BCUT2D eigenvalue weighted by Gasteiger charge is -2.31. The Hall–Kier alpha value is -2.78. The van der Waals surface area contributed by atoms with Gasteiger partial charge in [-0.25, -0.2) is 0 Å². The van der Waals surface area contributed by atoms with Crippen molar-refractivity contribution in [3.8, 4) is 5.75 Å². The molecule has 0 spiro atoms. The fraction of sp³-hybridized carbons (Fsp3) is 0.500. The zero-order valence-corrected chi connectivity index (χ0v) is 14.3. The molecule has 1 aliphatic heterocycles. The number of rotatable bonds is 6. The third-order valence-corrected chi connectivity index (χ3v) is 3.85. The van der Waals surface area contributed by atoms with Crippen molar-refractivity contribution in [1.82, 2.24) is 0 Å². The predicted molar refractivity (Wildman–Crippen MR) is 77.6 cm³/mol. The van der Waals surface area contributed by atoms with Crippen molar-refractivity contribution in [3.63, 3.8) is 0 Å². The van der Waals surface area contributed by atoms with Crippen LogP contribution in [0.15, 0.2) is 18.2 Å². The van der Waals surface area contributed by atoms with E-state index < -0.39 is 51.9 Å². The van der Waals surface area contributed by atoms with Gasteiger partial charge in [0.15, 0.2) is 0 Å². The van der Waals surface area contributed by atoms with Gasteiger partial charge in [-0.1, -0.05) is 0 Å². The molecule has 1 atom stereocenters. The third kappa shape index (κ3) is 3.09. The average molecular weight is 456 g/mol. The molecular formula is C14H9F9N2O5. The van der Waals surface area contributed by atoms with Crippen LogP contribution in [0, 0.1) is 10.1 Å². The fourth-order valence-corrected chi connectivity index (χ4v) is 2.32. The van der Waals surface area contributed by atoms with Gasteiger partial charge in [-0.05, 0) is 19.1 Å². The number of carbonyl (C=O) groups is 1. The Morgan fingerprint density at radius 1 is 1.17 bits per heavy atom. The lowest BCUT2D eigenvalue weighted by molar-refractivity contribution is -0.384. The van der Waals surface area contributed by atoms with E-state index >= 15 is 0 Å². The number of nitrogens with one attached hydrogen (secondary N) is 1. The number of hydrogen-bond donors (Lipinski definition) is 1. The van der Waals surface area contributed by atoms with Gasteiger partial charge in [0, 0.05) is 0 Å². The lowest BCUT2D eigenvalue weighted by atomic mass is 9.99. The Morgan fingerprint density at radius 2 is 1.73 bits per heavy atom. The SMILES string of the molecule is CCOc1ccc(NC(=O)C(F)(F)[C@@]2(F)OC(F)(F)C(F)(F)C2(F)F)c([N+](=O)[O-])c1. The van der Waals surface area contributed by atoms with Gasteiger partial charge in [0.05, 0.1) is 17.6 Å². The number of hydrogen-bond acceptors (Lipinski definition) is 5. The summed E-state index contributed by atoms with van der Waals surface area (Å²) in [5.41, 5.74) is -2.27. The second kappa shape index (κ2) is 6.88. The van der Waals surface area contributed by atoms with Gasteiger partial charge in [0.25, 0.3) is 5.69 Å². The molecule has 1 saturated heterocycles. The number of nitrogens with zero attached hydrogens (tertiary/aromatic N) is 1. The highest BCUT2D eigenvalue weighted by molar-refractivity contribution is 5.99. The van der Waals surface area contributed by atoms with Crippen LogP contribution in [0.25, 0.3) is 0 Å². The predicted octanol–water partition coefficient (Wildman–Crippen LogP) is 4.13. The summed E-state index contributed by atoms with van der Waals surface area (Å²) in [5.74, 6) is -29.8. The monoisotopic (exact) mass is 456 g/mol. The third-order valence-electron chi connectivity index (χ3n) is 3.85.